The minimum Gasteiger partial charge on any atom is -0.351 e. The lowest BCUT2D eigenvalue weighted by Gasteiger charge is -2.62. The fourth-order valence-corrected chi connectivity index (χ4v) is 6.06. The van der Waals surface area contributed by atoms with Crippen LogP contribution in [0.25, 0.3) is 0 Å². The van der Waals surface area contributed by atoms with Crippen molar-refractivity contribution in [2.45, 2.75) is 56.4 Å². The second-order valence-corrected chi connectivity index (χ2v) is 8.01. The van der Waals surface area contributed by atoms with Crippen LogP contribution in [0.3, 0.4) is 0 Å². The summed E-state index contributed by atoms with van der Waals surface area (Å²) in [4.78, 5) is 22.2. The molecule has 1 N–H and O–H groups in total. The van der Waals surface area contributed by atoms with Gasteiger partial charge in [0.1, 0.15) is 0 Å². The molecule has 23 heavy (non-hydrogen) atoms. The number of benzene rings is 1. The van der Waals surface area contributed by atoms with Crippen LogP contribution in [0.1, 0.15) is 51.0 Å². The molecule has 1 aromatic rings. The molecule has 0 spiro atoms. The molecule has 0 aliphatic heterocycles. The molecule has 0 radical (unpaired) electrons. The van der Waals surface area contributed by atoms with Gasteiger partial charge in [-0.05, 0) is 61.3 Å². The quantitative estimate of drug-likeness (QED) is 0.687. The molecule has 4 saturated carbocycles. The SMILES string of the molecule is CC(=O)NC12C[C@H]3C[C@@H](C1)CC(c1ccc([N+](=O)[O-])cc1)(C3)C2. The summed E-state index contributed by atoms with van der Waals surface area (Å²) in [6.45, 7) is 1.61. The van der Waals surface area contributed by atoms with Gasteiger partial charge in [-0.15, -0.1) is 0 Å². The Morgan fingerprint density at radius 3 is 2.30 bits per heavy atom. The summed E-state index contributed by atoms with van der Waals surface area (Å²) < 4.78 is 0. The molecular weight excluding hydrogens is 292 g/mol. The Hall–Kier alpha value is -1.91. The summed E-state index contributed by atoms with van der Waals surface area (Å²) in [5.74, 6) is 1.39. The Labute approximate surface area is 135 Å². The van der Waals surface area contributed by atoms with Gasteiger partial charge >= 0.3 is 0 Å². The lowest BCUT2D eigenvalue weighted by Crippen LogP contribution is -2.64. The van der Waals surface area contributed by atoms with Gasteiger partial charge in [-0.2, -0.15) is 0 Å². The smallest absolute Gasteiger partial charge is 0.269 e. The number of rotatable bonds is 3. The summed E-state index contributed by atoms with van der Waals surface area (Å²) in [6.07, 6.45) is 6.75. The number of hydrogen-bond acceptors (Lipinski definition) is 3. The molecule has 0 heterocycles. The van der Waals surface area contributed by atoms with Crippen molar-refractivity contribution >= 4 is 11.6 Å². The summed E-state index contributed by atoms with van der Waals surface area (Å²) in [6, 6.07) is 7.12. The molecule has 5 nitrogen and oxygen atoms in total. The maximum absolute atomic E-state index is 11.7. The Bertz CT molecular complexity index is 653. The average Bonchev–Trinajstić information content (AvgIpc) is 2.44. The third-order valence-corrected chi connectivity index (χ3v) is 6.19. The molecule has 0 saturated heterocycles. The molecule has 4 aliphatic carbocycles. The number of non-ortho nitro benzene ring substituents is 1. The zero-order chi connectivity index (χ0) is 16.2. The normalized spacial score (nSPS) is 37.6. The Morgan fingerprint density at radius 2 is 1.78 bits per heavy atom. The first-order chi connectivity index (χ1) is 10.9. The van der Waals surface area contributed by atoms with E-state index in [0.717, 1.165) is 32.1 Å². The maximum Gasteiger partial charge on any atom is 0.269 e. The molecule has 122 valence electrons. The molecule has 1 aromatic carbocycles. The minimum absolute atomic E-state index is 0.0578. The number of amides is 1. The van der Waals surface area contributed by atoms with E-state index < -0.39 is 0 Å². The topological polar surface area (TPSA) is 72.2 Å². The molecule has 0 aromatic heterocycles. The second-order valence-electron chi connectivity index (χ2n) is 8.01. The third kappa shape index (κ3) is 2.33. The van der Waals surface area contributed by atoms with Crippen LogP contribution in [-0.2, 0) is 10.2 Å². The van der Waals surface area contributed by atoms with Crippen molar-refractivity contribution in [3.8, 4) is 0 Å². The van der Waals surface area contributed by atoms with Crippen LogP contribution in [0.2, 0.25) is 0 Å². The van der Waals surface area contributed by atoms with Crippen molar-refractivity contribution in [3.05, 3.63) is 39.9 Å². The molecule has 5 rings (SSSR count). The number of carbonyl (C=O) groups is 1. The molecular formula is C18H22N2O3. The van der Waals surface area contributed by atoms with Gasteiger partial charge in [0, 0.05) is 24.6 Å². The Morgan fingerprint density at radius 1 is 1.17 bits per heavy atom. The summed E-state index contributed by atoms with van der Waals surface area (Å²) in [5.41, 5.74) is 1.39. The molecule has 5 heteroatoms. The highest BCUT2D eigenvalue weighted by molar-refractivity contribution is 5.74. The maximum atomic E-state index is 11.7. The minimum atomic E-state index is -0.345. The van der Waals surface area contributed by atoms with Crippen molar-refractivity contribution < 1.29 is 9.72 Å². The first-order valence-corrected chi connectivity index (χ1v) is 8.44. The van der Waals surface area contributed by atoms with E-state index in [1.165, 1.54) is 12.0 Å². The summed E-state index contributed by atoms with van der Waals surface area (Å²) in [5, 5.41) is 14.2. The van der Waals surface area contributed by atoms with E-state index in [4.69, 9.17) is 0 Å². The standard InChI is InChI=1S/C18H22N2O3/c1-12(21)19-18-9-13-6-14(10-18)8-17(7-13,11-18)15-2-4-16(5-3-15)20(22)23/h2-5,13-14H,6-11H2,1H3,(H,19,21)/t13-,14+,17?,18?. The molecule has 1 amide bonds. The zero-order valence-corrected chi connectivity index (χ0v) is 13.4. The molecule has 2 unspecified atom stereocenters. The van der Waals surface area contributed by atoms with E-state index in [0.29, 0.717) is 11.8 Å². The van der Waals surface area contributed by atoms with E-state index in [2.05, 4.69) is 5.32 Å². The van der Waals surface area contributed by atoms with Gasteiger partial charge in [0.05, 0.1) is 4.92 Å². The van der Waals surface area contributed by atoms with E-state index in [9.17, 15) is 14.9 Å². The van der Waals surface area contributed by atoms with Crippen LogP contribution in [0.5, 0.6) is 0 Å². The van der Waals surface area contributed by atoms with E-state index >= 15 is 0 Å². The lowest BCUT2D eigenvalue weighted by molar-refractivity contribution is -0.384. The molecule has 4 aliphatic rings. The summed E-state index contributed by atoms with van der Waals surface area (Å²) in [7, 11) is 0. The van der Waals surface area contributed by atoms with Gasteiger partial charge in [-0.1, -0.05) is 12.1 Å². The molecule has 4 atom stereocenters. The Kier molecular flexibility index (Phi) is 3.06. The fourth-order valence-electron chi connectivity index (χ4n) is 6.06. The van der Waals surface area contributed by atoms with Crippen molar-refractivity contribution in [1.82, 2.24) is 5.32 Å². The highest BCUT2D eigenvalue weighted by atomic mass is 16.6. The van der Waals surface area contributed by atoms with Crippen LogP contribution < -0.4 is 5.32 Å². The predicted octanol–water partition coefficient (Wildman–Crippen LogP) is 3.32. The largest absolute Gasteiger partial charge is 0.351 e. The van der Waals surface area contributed by atoms with E-state index in [1.807, 2.05) is 12.1 Å². The van der Waals surface area contributed by atoms with Gasteiger partial charge < -0.3 is 5.32 Å². The van der Waals surface area contributed by atoms with Crippen molar-refractivity contribution in [2.75, 3.05) is 0 Å². The molecule has 4 bridgehead atoms. The lowest BCUT2D eigenvalue weighted by atomic mass is 9.45. The van der Waals surface area contributed by atoms with Gasteiger partial charge in [0.15, 0.2) is 0 Å². The third-order valence-electron chi connectivity index (χ3n) is 6.19. The predicted molar refractivity (Wildman–Crippen MR) is 86.0 cm³/mol. The van der Waals surface area contributed by atoms with Gasteiger partial charge in [0.2, 0.25) is 5.91 Å². The summed E-state index contributed by atoms with van der Waals surface area (Å²) >= 11 is 0. The fraction of sp³-hybridized carbons (Fsp3) is 0.611. The van der Waals surface area contributed by atoms with Crippen LogP contribution in [0.15, 0.2) is 24.3 Å². The van der Waals surface area contributed by atoms with Crippen molar-refractivity contribution in [3.63, 3.8) is 0 Å². The zero-order valence-electron chi connectivity index (χ0n) is 13.4. The van der Waals surface area contributed by atoms with Crippen LogP contribution >= 0.6 is 0 Å². The van der Waals surface area contributed by atoms with E-state index in [-0.39, 0.29) is 27.5 Å². The first kappa shape index (κ1) is 14.7. The van der Waals surface area contributed by atoms with Gasteiger partial charge in [-0.25, -0.2) is 0 Å². The van der Waals surface area contributed by atoms with Crippen molar-refractivity contribution in [1.29, 1.82) is 0 Å². The number of nitro groups is 1. The Balaban J connectivity index is 1.70. The van der Waals surface area contributed by atoms with Crippen LogP contribution in [0, 0.1) is 22.0 Å². The highest BCUT2D eigenvalue weighted by Gasteiger charge is 2.58. The number of hydrogen-bond donors (Lipinski definition) is 1. The number of nitrogens with one attached hydrogen (secondary N) is 1. The second kappa shape index (κ2) is 4.79. The monoisotopic (exact) mass is 314 g/mol. The number of carbonyl (C=O) groups excluding carboxylic acids is 1. The number of nitrogens with zero attached hydrogens (tertiary/aromatic N) is 1. The van der Waals surface area contributed by atoms with Crippen LogP contribution in [0.4, 0.5) is 5.69 Å². The van der Waals surface area contributed by atoms with E-state index in [1.54, 1.807) is 19.1 Å². The van der Waals surface area contributed by atoms with Gasteiger partial charge in [-0.3, -0.25) is 14.9 Å². The van der Waals surface area contributed by atoms with Gasteiger partial charge in [0.25, 0.3) is 5.69 Å². The highest BCUT2D eigenvalue weighted by Crippen LogP contribution is 2.62. The van der Waals surface area contributed by atoms with Crippen LogP contribution in [-0.4, -0.2) is 16.4 Å². The first-order valence-electron chi connectivity index (χ1n) is 8.44. The number of nitro benzene ring substituents is 1. The molecule has 4 fully saturated rings. The average molecular weight is 314 g/mol. The van der Waals surface area contributed by atoms with Crippen molar-refractivity contribution in [2.24, 2.45) is 11.8 Å².